The lowest BCUT2D eigenvalue weighted by Crippen LogP contribution is -2.14. The second-order valence-corrected chi connectivity index (χ2v) is 4.73. The molecule has 1 aromatic carbocycles. The van der Waals surface area contributed by atoms with Crippen molar-refractivity contribution in [1.29, 1.82) is 0 Å². The Morgan fingerprint density at radius 3 is 2.61 bits per heavy atom. The van der Waals surface area contributed by atoms with E-state index in [1.807, 2.05) is 19.1 Å². The van der Waals surface area contributed by atoms with E-state index < -0.39 is 0 Å². The molecular weight excluding hydrogens is 222 g/mol. The molecule has 102 valence electrons. The number of para-hydroxylation sites is 2. The molecule has 0 amide bonds. The van der Waals surface area contributed by atoms with Crippen molar-refractivity contribution in [3.8, 4) is 5.75 Å². The Labute approximate surface area is 112 Å². The summed E-state index contributed by atoms with van der Waals surface area (Å²) >= 11 is 0. The second kappa shape index (κ2) is 8.84. The zero-order valence-corrected chi connectivity index (χ0v) is 12.0. The Morgan fingerprint density at radius 1 is 1.17 bits per heavy atom. The molecule has 1 rings (SSSR count). The van der Waals surface area contributed by atoms with E-state index in [0.717, 1.165) is 23.9 Å². The first-order chi connectivity index (χ1) is 8.81. The molecule has 0 aliphatic heterocycles. The summed E-state index contributed by atoms with van der Waals surface area (Å²) < 4.78 is 5.62. The van der Waals surface area contributed by atoms with Crippen LogP contribution in [-0.2, 0) is 0 Å². The topological polar surface area (TPSA) is 21.3 Å². The van der Waals surface area contributed by atoms with Crippen molar-refractivity contribution < 1.29 is 4.74 Å². The monoisotopic (exact) mass is 249 g/mol. The highest BCUT2D eigenvalue weighted by molar-refractivity contribution is 5.56. The molecule has 18 heavy (non-hydrogen) atoms. The summed E-state index contributed by atoms with van der Waals surface area (Å²) in [4.78, 5) is 0. The van der Waals surface area contributed by atoms with Crippen LogP contribution in [0, 0.1) is 5.92 Å². The number of hydrogen-bond acceptors (Lipinski definition) is 2. The van der Waals surface area contributed by atoms with Crippen molar-refractivity contribution in [3.63, 3.8) is 0 Å². The third kappa shape index (κ3) is 4.99. The fourth-order valence-electron chi connectivity index (χ4n) is 2.09. The van der Waals surface area contributed by atoms with E-state index >= 15 is 0 Å². The van der Waals surface area contributed by atoms with E-state index in [2.05, 4.69) is 31.3 Å². The number of benzene rings is 1. The zero-order valence-electron chi connectivity index (χ0n) is 12.0. The fourth-order valence-corrected chi connectivity index (χ4v) is 2.09. The molecule has 0 aliphatic rings. The van der Waals surface area contributed by atoms with Gasteiger partial charge < -0.3 is 10.1 Å². The van der Waals surface area contributed by atoms with Gasteiger partial charge >= 0.3 is 0 Å². The van der Waals surface area contributed by atoms with Gasteiger partial charge in [-0.3, -0.25) is 0 Å². The van der Waals surface area contributed by atoms with E-state index in [1.54, 1.807) is 0 Å². The molecular formula is C16H27NO. The maximum atomic E-state index is 5.62. The van der Waals surface area contributed by atoms with Gasteiger partial charge in [0.15, 0.2) is 0 Å². The average Bonchev–Trinajstić information content (AvgIpc) is 2.41. The maximum Gasteiger partial charge on any atom is 0.142 e. The molecule has 0 spiro atoms. The number of rotatable bonds is 9. The molecule has 0 heterocycles. The minimum Gasteiger partial charge on any atom is -0.492 e. The quantitative estimate of drug-likeness (QED) is 0.684. The molecule has 0 aliphatic carbocycles. The molecule has 1 N–H and O–H groups in total. The van der Waals surface area contributed by atoms with Gasteiger partial charge in [0, 0.05) is 6.54 Å². The highest BCUT2D eigenvalue weighted by Crippen LogP contribution is 2.24. The molecule has 1 atom stereocenters. The van der Waals surface area contributed by atoms with Crippen LogP contribution in [0.25, 0.3) is 0 Å². The van der Waals surface area contributed by atoms with Gasteiger partial charge in [-0.25, -0.2) is 0 Å². The Hall–Kier alpha value is -1.18. The van der Waals surface area contributed by atoms with Gasteiger partial charge in [-0.1, -0.05) is 45.2 Å². The molecule has 1 aromatic rings. The standard InChI is InChI=1S/C16H27NO/c1-4-7-10-14(5-2)13-17-15-11-8-9-12-16(15)18-6-3/h8-9,11-12,14,17H,4-7,10,13H2,1-3H3. The first kappa shape index (κ1) is 14.9. The third-order valence-corrected chi connectivity index (χ3v) is 3.31. The second-order valence-electron chi connectivity index (χ2n) is 4.73. The van der Waals surface area contributed by atoms with E-state index in [4.69, 9.17) is 4.74 Å². The van der Waals surface area contributed by atoms with Crippen molar-refractivity contribution in [3.05, 3.63) is 24.3 Å². The van der Waals surface area contributed by atoms with Crippen LogP contribution < -0.4 is 10.1 Å². The lowest BCUT2D eigenvalue weighted by molar-refractivity contribution is 0.341. The van der Waals surface area contributed by atoms with Crippen molar-refractivity contribution in [2.75, 3.05) is 18.5 Å². The smallest absolute Gasteiger partial charge is 0.142 e. The van der Waals surface area contributed by atoms with Crippen LogP contribution in [0.1, 0.15) is 46.5 Å². The summed E-state index contributed by atoms with van der Waals surface area (Å²) in [6.45, 7) is 8.31. The number of anilines is 1. The van der Waals surface area contributed by atoms with Gasteiger partial charge in [-0.2, -0.15) is 0 Å². The highest BCUT2D eigenvalue weighted by atomic mass is 16.5. The van der Waals surface area contributed by atoms with Gasteiger partial charge in [-0.05, 0) is 31.4 Å². The minimum absolute atomic E-state index is 0.714. The molecule has 0 aromatic heterocycles. The lowest BCUT2D eigenvalue weighted by Gasteiger charge is -2.18. The van der Waals surface area contributed by atoms with Crippen LogP contribution >= 0.6 is 0 Å². The van der Waals surface area contributed by atoms with Gasteiger partial charge in [0.25, 0.3) is 0 Å². The summed E-state index contributed by atoms with van der Waals surface area (Å²) in [6.07, 6.45) is 5.17. The summed E-state index contributed by atoms with van der Waals surface area (Å²) in [5.74, 6) is 1.73. The van der Waals surface area contributed by atoms with Crippen molar-refractivity contribution >= 4 is 5.69 Å². The first-order valence-electron chi connectivity index (χ1n) is 7.27. The lowest BCUT2D eigenvalue weighted by atomic mass is 9.99. The van der Waals surface area contributed by atoms with Crippen LogP contribution in [0.4, 0.5) is 5.69 Å². The Morgan fingerprint density at radius 2 is 1.94 bits per heavy atom. The van der Waals surface area contributed by atoms with Crippen LogP contribution in [0.15, 0.2) is 24.3 Å². The number of hydrogen-bond donors (Lipinski definition) is 1. The largest absolute Gasteiger partial charge is 0.492 e. The Bertz CT molecular complexity index is 325. The average molecular weight is 249 g/mol. The predicted molar refractivity (Wildman–Crippen MR) is 79.4 cm³/mol. The molecule has 0 bridgehead atoms. The summed E-state index contributed by atoms with van der Waals surface area (Å²) in [5, 5.41) is 3.53. The minimum atomic E-state index is 0.714. The molecule has 0 fully saturated rings. The van der Waals surface area contributed by atoms with Crippen molar-refractivity contribution in [1.82, 2.24) is 0 Å². The first-order valence-corrected chi connectivity index (χ1v) is 7.27. The summed E-state index contributed by atoms with van der Waals surface area (Å²) in [7, 11) is 0. The number of ether oxygens (including phenoxy) is 1. The maximum absolute atomic E-state index is 5.62. The number of nitrogens with one attached hydrogen (secondary N) is 1. The van der Waals surface area contributed by atoms with Crippen LogP contribution in [0.3, 0.4) is 0 Å². The Kier molecular flexibility index (Phi) is 7.31. The molecule has 2 heteroatoms. The van der Waals surface area contributed by atoms with Crippen LogP contribution in [-0.4, -0.2) is 13.2 Å². The fraction of sp³-hybridized carbons (Fsp3) is 0.625. The summed E-state index contributed by atoms with van der Waals surface area (Å²) in [5.41, 5.74) is 1.12. The molecule has 0 saturated carbocycles. The van der Waals surface area contributed by atoms with Gasteiger partial charge in [0.2, 0.25) is 0 Å². The van der Waals surface area contributed by atoms with E-state index in [9.17, 15) is 0 Å². The molecule has 0 saturated heterocycles. The van der Waals surface area contributed by atoms with E-state index in [0.29, 0.717) is 6.61 Å². The van der Waals surface area contributed by atoms with E-state index in [1.165, 1.54) is 25.7 Å². The van der Waals surface area contributed by atoms with Crippen molar-refractivity contribution in [2.24, 2.45) is 5.92 Å². The molecule has 2 nitrogen and oxygen atoms in total. The summed E-state index contributed by atoms with van der Waals surface area (Å²) in [6, 6.07) is 8.19. The third-order valence-electron chi connectivity index (χ3n) is 3.31. The van der Waals surface area contributed by atoms with Crippen molar-refractivity contribution in [2.45, 2.75) is 46.5 Å². The Balaban J connectivity index is 2.50. The van der Waals surface area contributed by atoms with Gasteiger partial charge in [0.1, 0.15) is 5.75 Å². The van der Waals surface area contributed by atoms with Crippen LogP contribution in [0.2, 0.25) is 0 Å². The SMILES string of the molecule is CCCCC(CC)CNc1ccccc1OCC. The van der Waals surface area contributed by atoms with Crippen LogP contribution in [0.5, 0.6) is 5.75 Å². The molecule has 0 radical (unpaired) electrons. The normalized spacial score (nSPS) is 12.2. The molecule has 1 unspecified atom stereocenters. The van der Waals surface area contributed by atoms with Gasteiger partial charge in [0.05, 0.1) is 12.3 Å². The number of unbranched alkanes of at least 4 members (excludes halogenated alkanes) is 1. The van der Waals surface area contributed by atoms with Gasteiger partial charge in [-0.15, -0.1) is 0 Å². The highest BCUT2D eigenvalue weighted by Gasteiger charge is 2.07. The predicted octanol–water partition coefficient (Wildman–Crippen LogP) is 4.71. The zero-order chi connectivity index (χ0) is 13.2. The van der Waals surface area contributed by atoms with E-state index in [-0.39, 0.29) is 0 Å².